The molecule has 2 N–H and O–H groups in total. The highest BCUT2D eigenvalue weighted by Gasteiger charge is 2.25. The Kier molecular flexibility index (Phi) is 7.02. The number of benzene rings is 1. The molecule has 1 aromatic carbocycles. The summed E-state index contributed by atoms with van der Waals surface area (Å²) in [6.07, 6.45) is 1.14. The Hall–Kier alpha value is -2.87. The number of hydrogen-bond donors (Lipinski definition) is 2. The van der Waals surface area contributed by atoms with Gasteiger partial charge < -0.3 is 20.3 Å². The van der Waals surface area contributed by atoms with E-state index in [1.54, 1.807) is 28.4 Å². The van der Waals surface area contributed by atoms with E-state index in [0.29, 0.717) is 31.9 Å². The number of likely N-dealkylation sites (tertiary alicyclic amines) is 1. The minimum absolute atomic E-state index is 0.231. The number of rotatable bonds is 5. The Balaban J connectivity index is 1.34. The topological polar surface area (TPSA) is 87.7 Å². The number of thiophene rings is 1. The van der Waals surface area contributed by atoms with Gasteiger partial charge in [0.05, 0.1) is 0 Å². The number of carbonyl (C=O) groups is 3. The third-order valence-corrected chi connectivity index (χ3v) is 5.34. The first-order valence-corrected chi connectivity index (χ1v) is 10.1. The predicted octanol–water partition coefficient (Wildman–Crippen LogP) is 2.39. The number of amides is 3. The number of para-hydroxylation sites is 1. The summed E-state index contributed by atoms with van der Waals surface area (Å²) in [5, 5.41) is 9.13. The van der Waals surface area contributed by atoms with Crippen molar-refractivity contribution < 1.29 is 19.1 Å². The van der Waals surface area contributed by atoms with Gasteiger partial charge in [-0.15, -0.1) is 0 Å². The van der Waals surface area contributed by atoms with Crippen LogP contribution in [0.5, 0.6) is 5.75 Å². The molecule has 1 fully saturated rings. The summed E-state index contributed by atoms with van der Waals surface area (Å²) in [5.74, 6) is -0.499. The highest BCUT2D eigenvalue weighted by molar-refractivity contribution is 7.07. The number of piperidine rings is 1. The molecule has 0 atom stereocenters. The lowest BCUT2D eigenvalue weighted by Gasteiger charge is -2.31. The first-order chi connectivity index (χ1) is 13.6. The van der Waals surface area contributed by atoms with Crippen LogP contribution in [0.3, 0.4) is 0 Å². The van der Waals surface area contributed by atoms with Gasteiger partial charge >= 0.3 is 17.9 Å². The number of ether oxygens (including phenoxy) is 1. The Labute approximate surface area is 167 Å². The quantitative estimate of drug-likeness (QED) is 0.753. The summed E-state index contributed by atoms with van der Waals surface area (Å²) in [6, 6.07) is 10.9. The first kappa shape index (κ1) is 19.9. The SMILES string of the molecule is O=C(NCc1ccsc1)C(=O)NCC1CCN(C(=O)Oc2ccccc2)CC1. The molecule has 2 aromatic rings. The van der Waals surface area contributed by atoms with E-state index in [1.807, 2.05) is 35.0 Å². The molecule has 3 amide bonds. The van der Waals surface area contributed by atoms with Crippen molar-refractivity contribution in [3.63, 3.8) is 0 Å². The third-order valence-electron chi connectivity index (χ3n) is 4.61. The van der Waals surface area contributed by atoms with Gasteiger partial charge in [-0.1, -0.05) is 18.2 Å². The van der Waals surface area contributed by atoms with Crippen LogP contribution in [-0.2, 0) is 16.1 Å². The zero-order chi connectivity index (χ0) is 19.8. The molecular formula is C20H23N3O4S. The summed E-state index contributed by atoms with van der Waals surface area (Å²) in [7, 11) is 0. The van der Waals surface area contributed by atoms with E-state index in [9.17, 15) is 14.4 Å². The molecule has 1 aliphatic heterocycles. The summed E-state index contributed by atoms with van der Waals surface area (Å²) >= 11 is 1.54. The van der Waals surface area contributed by atoms with Gasteiger partial charge in [-0.05, 0) is 53.3 Å². The lowest BCUT2D eigenvalue weighted by molar-refractivity contribution is -0.139. The minimum atomic E-state index is -0.630. The van der Waals surface area contributed by atoms with Crippen LogP contribution < -0.4 is 15.4 Å². The molecule has 7 nitrogen and oxygen atoms in total. The molecule has 1 aromatic heterocycles. The molecule has 1 saturated heterocycles. The maximum absolute atomic E-state index is 12.2. The number of carbonyl (C=O) groups excluding carboxylic acids is 3. The van der Waals surface area contributed by atoms with Gasteiger partial charge in [-0.25, -0.2) is 4.79 Å². The molecule has 0 radical (unpaired) electrons. The standard InChI is InChI=1S/C20H23N3O4S/c24-18(19(25)22-13-16-8-11-28-14-16)21-12-15-6-9-23(10-7-15)20(26)27-17-4-2-1-3-5-17/h1-5,8,11,14-15H,6-7,9-10,12-13H2,(H,21,24)(H,22,25). The molecular weight excluding hydrogens is 378 g/mol. The van der Waals surface area contributed by atoms with E-state index in [4.69, 9.17) is 4.74 Å². The number of nitrogens with one attached hydrogen (secondary N) is 2. The summed E-state index contributed by atoms with van der Waals surface area (Å²) in [5.41, 5.74) is 0.973. The summed E-state index contributed by atoms with van der Waals surface area (Å²) < 4.78 is 5.34. The average molecular weight is 401 g/mol. The van der Waals surface area contributed by atoms with Gasteiger partial charge in [0.2, 0.25) is 0 Å². The Bertz CT molecular complexity index is 787. The molecule has 1 aliphatic rings. The lowest BCUT2D eigenvalue weighted by Crippen LogP contribution is -2.45. The van der Waals surface area contributed by atoms with Gasteiger partial charge in [0, 0.05) is 26.2 Å². The molecule has 0 aliphatic carbocycles. The van der Waals surface area contributed by atoms with E-state index < -0.39 is 11.8 Å². The largest absolute Gasteiger partial charge is 0.415 e. The average Bonchev–Trinajstić information content (AvgIpc) is 3.25. The number of nitrogens with zero attached hydrogens (tertiary/aromatic N) is 1. The van der Waals surface area contributed by atoms with Crippen LogP contribution in [0.15, 0.2) is 47.2 Å². The maximum Gasteiger partial charge on any atom is 0.415 e. The van der Waals surface area contributed by atoms with Gasteiger partial charge in [-0.2, -0.15) is 11.3 Å². The first-order valence-electron chi connectivity index (χ1n) is 9.20. The monoisotopic (exact) mass is 401 g/mol. The van der Waals surface area contributed by atoms with Gasteiger partial charge in [-0.3, -0.25) is 9.59 Å². The van der Waals surface area contributed by atoms with E-state index >= 15 is 0 Å². The fraction of sp³-hybridized carbons (Fsp3) is 0.350. The molecule has 0 bridgehead atoms. The fourth-order valence-corrected chi connectivity index (χ4v) is 3.62. The third kappa shape index (κ3) is 5.82. The van der Waals surface area contributed by atoms with Crippen LogP contribution in [0.1, 0.15) is 18.4 Å². The van der Waals surface area contributed by atoms with Crippen molar-refractivity contribution in [2.75, 3.05) is 19.6 Å². The molecule has 8 heteroatoms. The second kappa shape index (κ2) is 9.89. The van der Waals surface area contributed by atoms with Crippen LogP contribution in [0.25, 0.3) is 0 Å². The summed E-state index contributed by atoms with van der Waals surface area (Å²) in [6.45, 7) is 1.90. The molecule has 28 heavy (non-hydrogen) atoms. The Morgan fingerprint density at radius 1 is 1.04 bits per heavy atom. The second-order valence-corrected chi connectivity index (χ2v) is 7.42. The van der Waals surface area contributed by atoms with Crippen molar-refractivity contribution in [2.24, 2.45) is 5.92 Å². The minimum Gasteiger partial charge on any atom is -0.410 e. The van der Waals surface area contributed by atoms with Crippen LogP contribution in [-0.4, -0.2) is 42.4 Å². The normalized spacial score (nSPS) is 14.4. The highest BCUT2D eigenvalue weighted by atomic mass is 32.1. The van der Waals surface area contributed by atoms with Gasteiger partial charge in [0.15, 0.2) is 0 Å². The smallest absolute Gasteiger partial charge is 0.410 e. The fourth-order valence-electron chi connectivity index (χ4n) is 2.95. The van der Waals surface area contributed by atoms with E-state index in [2.05, 4.69) is 10.6 Å². The van der Waals surface area contributed by atoms with Crippen molar-refractivity contribution >= 4 is 29.2 Å². The van der Waals surface area contributed by atoms with Crippen molar-refractivity contribution in [3.05, 3.63) is 52.7 Å². The Morgan fingerprint density at radius 2 is 1.75 bits per heavy atom. The van der Waals surface area contributed by atoms with E-state index in [0.717, 1.165) is 18.4 Å². The zero-order valence-corrected chi connectivity index (χ0v) is 16.2. The molecule has 3 rings (SSSR count). The van der Waals surface area contributed by atoms with E-state index in [1.165, 1.54) is 0 Å². The van der Waals surface area contributed by atoms with Gasteiger partial charge in [0.1, 0.15) is 5.75 Å². The molecule has 0 saturated carbocycles. The van der Waals surface area contributed by atoms with E-state index in [-0.39, 0.29) is 12.0 Å². The molecule has 148 valence electrons. The van der Waals surface area contributed by atoms with Crippen LogP contribution >= 0.6 is 11.3 Å². The molecule has 0 spiro atoms. The molecule has 2 heterocycles. The van der Waals surface area contributed by atoms with Crippen molar-refractivity contribution in [3.8, 4) is 5.75 Å². The highest BCUT2D eigenvalue weighted by Crippen LogP contribution is 2.18. The summed E-state index contributed by atoms with van der Waals surface area (Å²) in [4.78, 5) is 37.6. The maximum atomic E-state index is 12.2. The van der Waals surface area contributed by atoms with Crippen molar-refractivity contribution in [1.82, 2.24) is 15.5 Å². The second-order valence-electron chi connectivity index (χ2n) is 6.64. The van der Waals surface area contributed by atoms with Gasteiger partial charge in [0.25, 0.3) is 0 Å². The van der Waals surface area contributed by atoms with Crippen molar-refractivity contribution in [2.45, 2.75) is 19.4 Å². The van der Waals surface area contributed by atoms with Crippen LogP contribution in [0, 0.1) is 5.92 Å². The van der Waals surface area contributed by atoms with Crippen molar-refractivity contribution in [1.29, 1.82) is 0 Å². The number of hydrogen-bond acceptors (Lipinski definition) is 5. The zero-order valence-electron chi connectivity index (χ0n) is 15.4. The van der Waals surface area contributed by atoms with Crippen LogP contribution in [0.4, 0.5) is 4.79 Å². The van der Waals surface area contributed by atoms with Crippen LogP contribution in [0.2, 0.25) is 0 Å². The lowest BCUT2D eigenvalue weighted by atomic mass is 9.97. The predicted molar refractivity (Wildman–Crippen MR) is 106 cm³/mol. The molecule has 0 unspecified atom stereocenters. The Morgan fingerprint density at radius 3 is 2.43 bits per heavy atom.